The maximum atomic E-state index is 13.5. The monoisotopic (exact) mass is 201 g/mol. The molecule has 0 aliphatic carbocycles. The van der Waals surface area contributed by atoms with Gasteiger partial charge >= 0.3 is 0 Å². The molecule has 0 atom stereocenters. The molecule has 2 nitrogen and oxygen atoms in total. The second-order valence-corrected chi connectivity index (χ2v) is 3.29. The van der Waals surface area contributed by atoms with E-state index in [4.69, 9.17) is 10.5 Å². The molecule has 1 aromatic carbocycles. The summed E-state index contributed by atoms with van der Waals surface area (Å²) in [4.78, 5) is 0.519. The quantitative estimate of drug-likeness (QED) is 0.760. The maximum absolute atomic E-state index is 13.5. The Morgan fingerprint density at radius 3 is 2.69 bits per heavy atom. The fraction of sp³-hybridized carbons (Fsp3) is 0.333. The number of halogens is 1. The van der Waals surface area contributed by atoms with Crippen molar-refractivity contribution in [1.82, 2.24) is 0 Å². The van der Waals surface area contributed by atoms with Crippen LogP contribution in [0.2, 0.25) is 0 Å². The van der Waals surface area contributed by atoms with E-state index in [2.05, 4.69) is 0 Å². The second kappa shape index (κ2) is 4.48. The van der Waals surface area contributed by atoms with E-state index in [-0.39, 0.29) is 12.4 Å². The Morgan fingerprint density at radius 2 is 2.23 bits per heavy atom. The molecule has 0 spiro atoms. The fourth-order valence-electron chi connectivity index (χ4n) is 1.09. The highest BCUT2D eigenvalue weighted by Crippen LogP contribution is 2.31. The van der Waals surface area contributed by atoms with Crippen molar-refractivity contribution in [2.75, 3.05) is 13.4 Å². The van der Waals surface area contributed by atoms with Gasteiger partial charge in [0.25, 0.3) is 0 Å². The first-order chi connectivity index (χ1) is 6.24. The van der Waals surface area contributed by atoms with Crippen molar-refractivity contribution in [3.8, 4) is 5.75 Å². The molecule has 0 aliphatic rings. The zero-order valence-electron chi connectivity index (χ0n) is 7.63. The third kappa shape index (κ3) is 1.95. The Bertz CT molecular complexity index is 304. The van der Waals surface area contributed by atoms with Crippen molar-refractivity contribution in [1.29, 1.82) is 0 Å². The molecular weight excluding hydrogens is 189 g/mol. The number of ether oxygens (including phenoxy) is 1. The van der Waals surface area contributed by atoms with Crippen LogP contribution >= 0.6 is 11.8 Å². The first-order valence-corrected chi connectivity index (χ1v) is 5.06. The predicted molar refractivity (Wildman–Crippen MR) is 52.6 cm³/mol. The van der Waals surface area contributed by atoms with Crippen LogP contribution in [0.5, 0.6) is 5.75 Å². The smallest absolute Gasteiger partial charge is 0.144 e. The number of hydrogen-bond donors (Lipinski definition) is 1. The standard InChI is InChI=1S/C9H12FNOS/c1-12-7-4-3-6(5-11)8(10)9(7)13-2/h3-4H,5,11H2,1-2H3. The molecule has 13 heavy (non-hydrogen) atoms. The number of benzene rings is 1. The molecule has 72 valence electrons. The van der Waals surface area contributed by atoms with Gasteiger partial charge in [-0.15, -0.1) is 11.8 Å². The van der Waals surface area contributed by atoms with Crippen LogP contribution in [-0.2, 0) is 6.54 Å². The average Bonchev–Trinajstić information content (AvgIpc) is 2.17. The minimum absolute atomic E-state index is 0.212. The van der Waals surface area contributed by atoms with E-state index in [9.17, 15) is 4.39 Å². The van der Waals surface area contributed by atoms with Crippen LogP contribution in [0.25, 0.3) is 0 Å². The molecule has 0 unspecified atom stereocenters. The lowest BCUT2D eigenvalue weighted by molar-refractivity contribution is 0.396. The maximum Gasteiger partial charge on any atom is 0.144 e. The molecule has 2 N–H and O–H groups in total. The summed E-state index contributed by atoms with van der Waals surface area (Å²) < 4.78 is 18.6. The van der Waals surface area contributed by atoms with Crippen LogP contribution < -0.4 is 10.5 Å². The van der Waals surface area contributed by atoms with Crippen LogP contribution in [0.1, 0.15) is 5.56 Å². The molecule has 1 rings (SSSR count). The van der Waals surface area contributed by atoms with E-state index < -0.39 is 0 Å². The number of nitrogens with two attached hydrogens (primary N) is 1. The summed E-state index contributed by atoms with van der Waals surface area (Å²) in [6, 6.07) is 3.38. The first-order valence-electron chi connectivity index (χ1n) is 3.84. The molecular formula is C9H12FNOS. The molecule has 0 radical (unpaired) electrons. The van der Waals surface area contributed by atoms with E-state index >= 15 is 0 Å². The van der Waals surface area contributed by atoms with Crippen molar-refractivity contribution in [2.24, 2.45) is 5.73 Å². The third-order valence-electron chi connectivity index (χ3n) is 1.78. The van der Waals surface area contributed by atoms with E-state index in [0.717, 1.165) is 0 Å². The molecule has 0 aromatic heterocycles. The SMILES string of the molecule is COc1ccc(CN)c(F)c1SC. The van der Waals surface area contributed by atoms with Gasteiger partial charge in [0.15, 0.2) is 0 Å². The van der Waals surface area contributed by atoms with E-state index in [1.165, 1.54) is 18.9 Å². The third-order valence-corrected chi connectivity index (χ3v) is 2.57. The lowest BCUT2D eigenvalue weighted by Crippen LogP contribution is -2.01. The van der Waals surface area contributed by atoms with Crippen LogP contribution in [0.4, 0.5) is 4.39 Å². The van der Waals surface area contributed by atoms with Gasteiger partial charge in [0, 0.05) is 12.1 Å². The lowest BCUT2D eigenvalue weighted by Gasteiger charge is -2.09. The summed E-state index contributed by atoms with van der Waals surface area (Å²) in [6.07, 6.45) is 1.81. The van der Waals surface area contributed by atoms with Gasteiger partial charge in [0.05, 0.1) is 12.0 Å². The summed E-state index contributed by atoms with van der Waals surface area (Å²) in [5, 5.41) is 0. The van der Waals surface area contributed by atoms with Crippen molar-refractivity contribution >= 4 is 11.8 Å². The Kier molecular flexibility index (Phi) is 3.57. The van der Waals surface area contributed by atoms with Gasteiger partial charge in [-0.25, -0.2) is 4.39 Å². The van der Waals surface area contributed by atoms with Crippen molar-refractivity contribution < 1.29 is 9.13 Å². The molecule has 0 amide bonds. The highest BCUT2D eigenvalue weighted by molar-refractivity contribution is 7.98. The number of rotatable bonds is 3. The van der Waals surface area contributed by atoms with Gasteiger partial charge < -0.3 is 10.5 Å². The average molecular weight is 201 g/mol. The van der Waals surface area contributed by atoms with Crippen LogP contribution in [0.15, 0.2) is 17.0 Å². The Morgan fingerprint density at radius 1 is 1.54 bits per heavy atom. The van der Waals surface area contributed by atoms with E-state index in [0.29, 0.717) is 16.2 Å². The van der Waals surface area contributed by atoms with Crippen molar-refractivity contribution in [3.63, 3.8) is 0 Å². The van der Waals surface area contributed by atoms with Crippen molar-refractivity contribution in [3.05, 3.63) is 23.5 Å². The zero-order chi connectivity index (χ0) is 9.84. The minimum Gasteiger partial charge on any atom is -0.495 e. The number of hydrogen-bond acceptors (Lipinski definition) is 3. The molecule has 1 aromatic rings. The number of methoxy groups -OCH3 is 1. The largest absolute Gasteiger partial charge is 0.495 e. The summed E-state index contributed by atoms with van der Waals surface area (Å²) >= 11 is 1.32. The van der Waals surface area contributed by atoms with Gasteiger partial charge in [-0.3, -0.25) is 0 Å². The van der Waals surface area contributed by atoms with Gasteiger partial charge in [0.2, 0.25) is 0 Å². The normalized spacial score (nSPS) is 10.2. The molecule has 0 saturated heterocycles. The van der Waals surface area contributed by atoms with Gasteiger partial charge in [-0.1, -0.05) is 6.07 Å². The second-order valence-electron chi connectivity index (χ2n) is 2.48. The van der Waals surface area contributed by atoms with E-state index in [1.54, 1.807) is 18.4 Å². The fourth-order valence-corrected chi connectivity index (χ4v) is 1.75. The van der Waals surface area contributed by atoms with Gasteiger partial charge in [0.1, 0.15) is 11.6 Å². The summed E-state index contributed by atoms with van der Waals surface area (Å²) in [7, 11) is 1.52. The minimum atomic E-state index is -0.269. The summed E-state index contributed by atoms with van der Waals surface area (Å²) in [5.41, 5.74) is 5.89. The first kappa shape index (κ1) is 10.3. The Balaban J connectivity index is 3.23. The molecule has 0 bridgehead atoms. The summed E-state index contributed by atoms with van der Waals surface area (Å²) in [5.74, 6) is 0.288. The highest BCUT2D eigenvalue weighted by atomic mass is 32.2. The van der Waals surface area contributed by atoms with Crippen LogP contribution in [-0.4, -0.2) is 13.4 Å². The van der Waals surface area contributed by atoms with Crippen LogP contribution in [0.3, 0.4) is 0 Å². The highest BCUT2D eigenvalue weighted by Gasteiger charge is 2.11. The molecule has 0 fully saturated rings. The zero-order valence-corrected chi connectivity index (χ0v) is 8.45. The topological polar surface area (TPSA) is 35.2 Å². The lowest BCUT2D eigenvalue weighted by atomic mass is 10.2. The van der Waals surface area contributed by atoms with Gasteiger partial charge in [-0.2, -0.15) is 0 Å². The Hall–Kier alpha value is -0.740. The van der Waals surface area contributed by atoms with Crippen molar-refractivity contribution in [2.45, 2.75) is 11.4 Å². The van der Waals surface area contributed by atoms with Gasteiger partial charge in [-0.05, 0) is 12.3 Å². The molecule has 0 aliphatic heterocycles. The summed E-state index contributed by atoms with van der Waals surface area (Å²) in [6.45, 7) is 0.212. The molecule has 4 heteroatoms. The molecule has 0 saturated carbocycles. The van der Waals surface area contributed by atoms with Crippen LogP contribution in [0, 0.1) is 5.82 Å². The van der Waals surface area contributed by atoms with E-state index in [1.807, 2.05) is 0 Å². The number of thioether (sulfide) groups is 1. The predicted octanol–water partition coefficient (Wildman–Crippen LogP) is 2.01. The Labute approximate surface area is 81.3 Å². The molecule has 0 heterocycles.